The Morgan fingerprint density at radius 1 is 0.880 bits per heavy atom. The molecule has 0 aliphatic carbocycles. The largest absolute Gasteiger partial charge is 0.351 e. The van der Waals surface area contributed by atoms with Crippen molar-refractivity contribution in [2.75, 3.05) is 13.1 Å². The van der Waals surface area contributed by atoms with Crippen LogP contribution in [0.5, 0.6) is 0 Å². The van der Waals surface area contributed by atoms with E-state index in [1.807, 2.05) is 36.4 Å². The van der Waals surface area contributed by atoms with Gasteiger partial charge in [-0.15, -0.1) is 0 Å². The molecular formula is C22H26N2O. The summed E-state index contributed by atoms with van der Waals surface area (Å²) in [6.07, 6.45) is 4.88. The highest BCUT2D eigenvalue weighted by atomic mass is 16.2. The van der Waals surface area contributed by atoms with Crippen molar-refractivity contribution in [1.29, 1.82) is 0 Å². The van der Waals surface area contributed by atoms with Crippen LogP contribution in [0.4, 0.5) is 0 Å². The number of fused-ring (bicyclic) bond motifs is 1. The molecule has 25 heavy (non-hydrogen) atoms. The third-order valence-corrected chi connectivity index (χ3v) is 5.71. The molecule has 0 saturated carbocycles. The van der Waals surface area contributed by atoms with E-state index in [9.17, 15) is 4.79 Å². The summed E-state index contributed by atoms with van der Waals surface area (Å²) in [7, 11) is 0. The van der Waals surface area contributed by atoms with E-state index >= 15 is 0 Å². The lowest BCUT2D eigenvalue weighted by molar-refractivity contribution is -0.122. The van der Waals surface area contributed by atoms with Crippen LogP contribution in [0.25, 0.3) is 0 Å². The molecule has 1 amide bonds. The van der Waals surface area contributed by atoms with Crippen LogP contribution in [0, 0.1) is 0 Å². The van der Waals surface area contributed by atoms with Crippen molar-refractivity contribution in [3.63, 3.8) is 0 Å². The molecule has 3 nitrogen and oxygen atoms in total. The monoisotopic (exact) mass is 334 g/mol. The topological polar surface area (TPSA) is 32.3 Å². The first-order valence-corrected chi connectivity index (χ1v) is 9.47. The standard InChI is InChI=1S/C22H26N2O/c25-22(23-19-14-16-24-15-8-7-13-20(19)24)21(17-9-3-1-4-10-17)18-11-5-2-6-12-18/h1-6,9-12,19-21H,7-8,13-16H2,(H,23,25). The Balaban J connectivity index is 1.56. The van der Waals surface area contributed by atoms with Gasteiger partial charge in [0.1, 0.15) is 0 Å². The molecule has 4 rings (SSSR count). The highest BCUT2D eigenvalue weighted by Gasteiger charge is 2.37. The third-order valence-electron chi connectivity index (χ3n) is 5.71. The fourth-order valence-electron chi connectivity index (χ4n) is 4.47. The zero-order valence-electron chi connectivity index (χ0n) is 14.6. The van der Waals surface area contributed by atoms with Crippen LogP contribution in [0.3, 0.4) is 0 Å². The second-order valence-corrected chi connectivity index (χ2v) is 7.26. The molecule has 0 radical (unpaired) electrons. The number of carbonyl (C=O) groups is 1. The van der Waals surface area contributed by atoms with E-state index in [4.69, 9.17) is 0 Å². The van der Waals surface area contributed by atoms with Gasteiger partial charge in [-0.3, -0.25) is 9.69 Å². The molecule has 2 aromatic rings. The number of nitrogens with zero attached hydrogens (tertiary/aromatic N) is 1. The Morgan fingerprint density at radius 2 is 1.52 bits per heavy atom. The van der Waals surface area contributed by atoms with Crippen molar-refractivity contribution in [2.45, 2.75) is 43.7 Å². The SMILES string of the molecule is O=C(NC1CCN2CCCCC12)C(c1ccccc1)c1ccccc1. The highest BCUT2D eigenvalue weighted by Crippen LogP contribution is 2.29. The summed E-state index contributed by atoms with van der Waals surface area (Å²) in [6, 6.07) is 21.1. The van der Waals surface area contributed by atoms with E-state index in [2.05, 4.69) is 34.5 Å². The number of amides is 1. The minimum Gasteiger partial charge on any atom is -0.351 e. The number of benzene rings is 2. The van der Waals surface area contributed by atoms with Gasteiger partial charge in [0, 0.05) is 18.6 Å². The van der Waals surface area contributed by atoms with Gasteiger partial charge in [-0.25, -0.2) is 0 Å². The van der Waals surface area contributed by atoms with E-state index < -0.39 is 0 Å². The van der Waals surface area contributed by atoms with Crippen molar-refractivity contribution in [3.05, 3.63) is 71.8 Å². The number of hydrogen-bond donors (Lipinski definition) is 1. The first-order chi connectivity index (χ1) is 12.3. The molecule has 130 valence electrons. The Morgan fingerprint density at radius 3 is 2.16 bits per heavy atom. The molecule has 1 N–H and O–H groups in total. The van der Waals surface area contributed by atoms with Gasteiger partial charge in [0.25, 0.3) is 0 Å². The van der Waals surface area contributed by atoms with Gasteiger partial charge >= 0.3 is 0 Å². The second-order valence-electron chi connectivity index (χ2n) is 7.26. The quantitative estimate of drug-likeness (QED) is 0.927. The van der Waals surface area contributed by atoms with Crippen LogP contribution in [0.15, 0.2) is 60.7 Å². The summed E-state index contributed by atoms with van der Waals surface area (Å²) >= 11 is 0. The number of piperidine rings is 1. The lowest BCUT2D eigenvalue weighted by Crippen LogP contribution is -2.48. The molecule has 2 heterocycles. The van der Waals surface area contributed by atoms with Gasteiger partial charge < -0.3 is 5.32 Å². The summed E-state index contributed by atoms with van der Waals surface area (Å²) in [6.45, 7) is 2.31. The first kappa shape index (κ1) is 16.3. The van der Waals surface area contributed by atoms with E-state index in [0.717, 1.165) is 24.1 Å². The van der Waals surface area contributed by atoms with E-state index in [1.165, 1.54) is 25.8 Å². The van der Waals surface area contributed by atoms with Crippen LogP contribution in [0.1, 0.15) is 42.7 Å². The third kappa shape index (κ3) is 3.47. The smallest absolute Gasteiger partial charge is 0.232 e. The van der Waals surface area contributed by atoms with Gasteiger partial charge in [0.2, 0.25) is 5.91 Å². The molecule has 0 spiro atoms. The van der Waals surface area contributed by atoms with Crippen LogP contribution in [-0.4, -0.2) is 36.0 Å². The van der Waals surface area contributed by atoms with Crippen LogP contribution >= 0.6 is 0 Å². The number of carbonyl (C=O) groups excluding carboxylic acids is 1. The maximum atomic E-state index is 13.2. The minimum atomic E-state index is -0.236. The molecule has 3 heteroatoms. The fourth-order valence-corrected chi connectivity index (χ4v) is 4.47. The molecule has 2 atom stereocenters. The van der Waals surface area contributed by atoms with E-state index in [1.54, 1.807) is 0 Å². The Bertz CT molecular complexity index is 661. The molecule has 2 aliphatic heterocycles. The second kappa shape index (κ2) is 7.40. The lowest BCUT2D eigenvalue weighted by atomic mass is 9.89. The molecule has 2 fully saturated rings. The van der Waals surface area contributed by atoms with Crippen molar-refractivity contribution >= 4 is 5.91 Å². The molecular weight excluding hydrogens is 308 g/mol. The Hall–Kier alpha value is -2.13. The van der Waals surface area contributed by atoms with Gasteiger partial charge in [-0.2, -0.15) is 0 Å². The van der Waals surface area contributed by atoms with Crippen LogP contribution < -0.4 is 5.32 Å². The number of hydrogen-bond acceptors (Lipinski definition) is 2. The normalized spacial score (nSPS) is 23.4. The maximum absolute atomic E-state index is 13.2. The summed E-state index contributed by atoms with van der Waals surface area (Å²) in [5.74, 6) is -0.102. The molecule has 0 aromatic heterocycles. The van der Waals surface area contributed by atoms with Crippen molar-refractivity contribution < 1.29 is 4.79 Å². The average molecular weight is 334 g/mol. The summed E-state index contributed by atoms with van der Waals surface area (Å²) in [4.78, 5) is 15.8. The van der Waals surface area contributed by atoms with Crippen LogP contribution in [0.2, 0.25) is 0 Å². The summed E-state index contributed by atoms with van der Waals surface area (Å²) in [5, 5.41) is 3.39. The van der Waals surface area contributed by atoms with Gasteiger partial charge in [0.15, 0.2) is 0 Å². The predicted octanol–water partition coefficient (Wildman–Crippen LogP) is 3.56. The van der Waals surface area contributed by atoms with Gasteiger partial charge in [-0.1, -0.05) is 67.1 Å². The minimum absolute atomic E-state index is 0.134. The molecule has 0 bridgehead atoms. The average Bonchev–Trinajstić information content (AvgIpc) is 3.07. The lowest BCUT2D eigenvalue weighted by Gasteiger charge is -2.33. The summed E-state index contributed by atoms with van der Waals surface area (Å²) in [5.41, 5.74) is 2.12. The Kier molecular flexibility index (Phi) is 4.84. The predicted molar refractivity (Wildman–Crippen MR) is 100 cm³/mol. The zero-order chi connectivity index (χ0) is 17.1. The Labute approximate surface area is 150 Å². The van der Waals surface area contributed by atoms with Gasteiger partial charge in [-0.05, 0) is 36.9 Å². The zero-order valence-corrected chi connectivity index (χ0v) is 14.6. The van der Waals surface area contributed by atoms with E-state index in [-0.39, 0.29) is 11.8 Å². The fraction of sp³-hybridized carbons (Fsp3) is 0.409. The first-order valence-electron chi connectivity index (χ1n) is 9.47. The van der Waals surface area contributed by atoms with Crippen molar-refractivity contribution in [2.24, 2.45) is 0 Å². The highest BCUT2D eigenvalue weighted by molar-refractivity contribution is 5.87. The van der Waals surface area contributed by atoms with Crippen molar-refractivity contribution in [1.82, 2.24) is 10.2 Å². The van der Waals surface area contributed by atoms with E-state index in [0.29, 0.717) is 12.1 Å². The molecule has 2 aliphatic rings. The van der Waals surface area contributed by atoms with Crippen molar-refractivity contribution in [3.8, 4) is 0 Å². The molecule has 2 unspecified atom stereocenters. The van der Waals surface area contributed by atoms with Gasteiger partial charge in [0.05, 0.1) is 5.92 Å². The maximum Gasteiger partial charge on any atom is 0.232 e. The van der Waals surface area contributed by atoms with Crippen LogP contribution in [-0.2, 0) is 4.79 Å². The number of nitrogens with one attached hydrogen (secondary N) is 1. The molecule has 2 aromatic carbocycles. The number of rotatable bonds is 4. The molecule has 2 saturated heterocycles. The summed E-state index contributed by atoms with van der Waals surface area (Å²) < 4.78 is 0.